The summed E-state index contributed by atoms with van der Waals surface area (Å²) in [5.74, 6) is 2.90. The third kappa shape index (κ3) is 4.31. The number of aromatic nitrogens is 3. The quantitative estimate of drug-likeness (QED) is 0.516. The predicted molar refractivity (Wildman–Crippen MR) is 104 cm³/mol. The highest BCUT2D eigenvalue weighted by Crippen LogP contribution is 2.28. The number of nitrogens with zero attached hydrogens (tertiary/aromatic N) is 3. The fourth-order valence-electron chi connectivity index (χ4n) is 2.49. The van der Waals surface area contributed by atoms with Gasteiger partial charge in [0.05, 0.1) is 7.11 Å². The standard InChI is InChI=1S/C19H20ClN3O2S/c1-3-23-18(12-25-17-11-7-6-10-16(17)24-2)21-22-19(23)26-13-14-8-4-5-9-15(14)20/h4-11H,3,12-13H2,1-2H3. The van der Waals surface area contributed by atoms with E-state index in [0.717, 1.165) is 33.9 Å². The van der Waals surface area contributed by atoms with Crippen LogP contribution >= 0.6 is 23.4 Å². The smallest absolute Gasteiger partial charge is 0.191 e. The summed E-state index contributed by atoms with van der Waals surface area (Å²) in [5.41, 5.74) is 1.08. The van der Waals surface area contributed by atoms with Gasteiger partial charge >= 0.3 is 0 Å². The van der Waals surface area contributed by atoms with Gasteiger partial charge in [0.2, 0.25) is 0 Å². The first kappa shape index (κ1) is 18.6. The van der Waals surface area contributed by atoms with Crippen LogP contribution in [0.4, 0.5) is 0 Å². The predicted octanol–water partition coefficient (Wildman–Crippen LogP) is 4.83. The molecule has 0 saturated heterocycles. The molecule has 0 radical (unpaired) electrons. The Hall–Kier alpha value is -2.18. The number of halogens is 1. The molecule has 3 aromatic rings. The molecule has 0 fully saturated rings. The molecule has 0 atom stereocenters. The lowest BCUT2D eigenvalue weighted by molar-refractivity contribution is 0.270. The van der Waals surface area contributed by atoms with Gasteiger partial charge in [-0.3, -0.25) is 0 Å². The van der Waals surface area contributed by atoms with Crippen LogP contribution in [-0.4, -0.2) is 21.9 Å². The van der Waals surface area contributed by atoms with Crippen molar-refractivity contribution >= 4 is 23.4 Å². The van der Waals surface area contributed by atoms with Gasteiger partial charge in [-0.05, 0) is 30.7 Å². The average Bonchev–Trinajstić information content (AvgIpc) is 3.07. The van der Waals surface area contributed by atoms with E-state index in [1.54, 1.807) is 18.9 Å². The van der Waals surface area contributed by atoms with Crippen molar-refractivity contribution in [2.75, 3.05) is 7.11 Å². The van der Waals surface area contributed by atoms with Crippen LogP contribution in [0, 0.1) is 0 Å². The molecule has 1 aromatic heterocycles. The lowest BCUT2D eigenvalue weighted by atomic mass is 10.2. The molecule has 0 amide bonds. The first-order valence-corrected chi connectivity index (χ1v) is 9.63. The van der Waals surface area contributed by atoms with E-state index in [-0.39, 0.29) is 0 Å². The fourth-order valence-corrected chi connectivity index (χ4v) is 3.80. The molecule has 7 heteroatoms. The number of methoxy groups -OCH3 is 1. The average molecular weight is 390 g/mol. The molecule has 0 unspecified atom stereocenters. The zero-order valence-corrected chi connectivity index (χ0v) is 16.3. The molecule has 0 aliphatic carbocycles. The lowest BCUT2D eigenvalue weighted by Crippen LogP contribution is -2.07. The highest BCUT2D eigenvalue weighted by Gasteiger charge is 2.13. The highest BCUT2D eigenvalue weighted by molar-refractivity contribution is 7.98. The third-order valence-electron chi connectivity index (χ3n) is 3.85. The Morgan fingerprint density at radius 2 is 1.77 bits per heavy atom. The molecule has 136 valence electrons. The highest BCUT2D eigenvalue weighted by atomic mass is 35.5. The normalized spacial score (nSPS) is 10.7. The minimum absolute atomic E-state index is 0.327. The van der Waals surface area contributed by atoms with E-state index in [9.17, 15) is 0 Å². The summed E-state index contributed by atoms with van der Waals surface area (Å²) in [5, 5.41) is 10.2. The monoisotopic (exact) mass is 389 g/mol. The largest absolute Gasteiger partial charge is 0.493 e. The van der Waals surface area contributed by atoms with Gasteiger partial charge in [-0.15, -0.1) is 10.2 Å². The van der Waals surface area contributed by atoms with E-state index >= 15 is 0 Å². The number of hydrogen-bond acceptors (Lipinski definition) is 5. The summed E-state index contributed by atoms with van der Waals surface area (Å²) >= 11 is 7.84. The molecule has 2 aromatic carbocycles. The van der Waals surface area contributed by atoms with Gasteiger partial charge in [0.25, 0.3) is 0 Å². The van der Waals surface area contributed by atoms with Gasteiger partial charge in [-0.1, -0.05) is 53.7 Å². The van der Waals surface area contributed by atoms with Gasteiger partial charge in [0.15, 0.2) is 22.5 Å². The van der Waals surface area contributed by atoms with Gasteiger partial charge in [0, 0.05) is 17.3 Å². The van der Waals surface area contributed by atoms with E-state index in [0.29, 0.717) is 18.1 Å². The molecule has 5 nitrogen and oxygen atoms in total. The van der Waals surface area contributed by atoms with Crippen molar-refractivity contribution in [3.05, 3.63) is 64.9 Å². The number of ether oxygens (including phenoxy) is 2. The molecular weight excluding hydrogens is 370 g/mol. The van der Waals surface area contributed by atoms with Crippen LogP contribution in [0.3, 0.4) is 0 Å². The minimum atomic E-state index is 0.327. The third-order valence-corrected chi connectivity index (χ3v) is 5.23. The van der Waals surface area contributed by atoms with Crippen molar-refractivity contribution in [1.29, 1.82) is 0 Å². The first-order chi connectivity index (χ1) is 12.7. The maximum absolute atomic E-state index is 6.23. The van der Waals surface area contributed by atoms with Gasteiger partial charge in [0.1, 0.15) is 6.61 Å². The second kappa shape index (κ2) is 8.96. The van der Waals surface area contributed by atoms with Crippen LogP contribution in [0.2, 0.25) is 5.02 Å². The summed E-state index contributed by atoms with van der Waals surface area (Å²) in [6.07, 6.45) is 0. The second-order valence-electron chi connectivity index (χ2n) is 5.46. The Bertz CT molecular complexity index is 869. The molecule has 3 rings (SSSR count). The second-order valence-corrected chi connectivity index (χ2v) is 6.81. The topological polar surface area (TPSA) is 49.2 Å². The SMILES string of the molecule is CCn1c(COc2ccccc2OC)nnc1SCc1ccccc1Cl. The number of para-hydroxylation sites is 2. The van der Waals surface area contributed by atoms with Gasteiger partial charge in [-0.2, -0.15) is 0 Å². The summed E-state index contributed by atoms with van der Waals surface area (Å²) in [7, 11) is 1.63. The molecule has 0 aliphatic heterocycles. The Morgan fingerprint density at radius 1 is 1.04 bits per heavy atom. The Morgan fingerprint density at radius 3 is 2.50 bits per heavy atom. The first-order valence-electron chi connectivity index (χ1n) is 8.27. The van der Waals surface area contributed by atoms with E-state index < -0.39 is 0 Å². The number of benzene rings is 2. The van der Waals surface area contributed by atoms with E-state index in [1.807, 2.05) is 48.5 Å². The summed E-state index contributed by atoms with van der Waals surface area (Å²) < 4.78 is 13.2. The van der Waals surface area contributed by atoms with Crippen LogP contribution in [0.25, 0.3) is 0 Å². The van der Waals surface area contributed by atoms with Crippen LogP contribution < -0.4 is 9.47 Å². The van der Waals surface area contributed by atoms with E-state index in [2.05, 4.69) is 21.7 Å². The zero-order valence-electron chi connectivity index (χ0n) is 14.7. The fraction of sp³-hybridized carbons (Fsp3) is 0.263. The van der Waals surface area contributed by atoms with Crippen molar-refractivity contribution in [2.45, 2.75) is 31.0 Å². The Kier molecular flexibility index (Phi) is 6.41. The number of hydrogen-bond donors (Lipinski definition) is 0. The van der Waals surface area contributed by atoms with Crippen molar-refractivity contribution < 1.29 is 9.47 Å². The summed E-state index contributed by atoms with van der Waals surface area (Å²) in [4.78, 5) is 0. The molecular formula is C19H20ClN3O2S. The van der Waals surface area contributed by atoms with E-state index in [4.69, 9.17) is 21.1 Å². The summed E-state index contributed by atoms with van der Waals surface area (Å²) in [6, 6.07) is 15.4. The van der Waals surface area contributed by atoms with Crippen molar-refractivity contribution in [3.63, 3.8) is 0 Å². The molecule has 26 heavy (non-hydrogen) atoms. The lowest BCUT2D eigenvalue weighted by Gasteiger charge is -2.11. The molecule has 1 heterocycles. The molecule has 0 aliphatic rings. The molecule has 0 spiro atoms. The van der Waals surface area contributed by atoms with Crippen molar-refractivity contribution in [1.82, 2.24) is 14.8 Å². The maximum atomic E-state index is 6.23. The summed E-state index contributed by atoms with van der Waals surface area (Å²) in [6.45, 7) is 3.16. The Balaban J connectivity index is 1.69. The van der Waals surface area contributed by atoms with E-state index in [1.165, 1.54) is 0 Å². The van der Waals surface area contributed by atoms with Crippen LogP contribution in [-0.2, 0) is 18.9 Å². The number of thioether (sulfide) groups is 1. The van der Waals surface area contributed by atoms with Crippen LogP contribution in [0.1, 0.15) is 18.3 Å². The van der Waals surface area contributed by atoms with Crippen molar-refractivity contribution in [2.24, 2.45) is 0 Å². The molecule has 0 bridgehead atoms. The van der Waals surface area contributed by atoms with Crippen molar-refractivity contribution in [3.8, 4) is 11.5 Å². The van der Waals surface area contributed by atoms with Gasteiger partial charge < -0.3 is 14.0 Å². The van der Waals surface area contributed by atoms with Gasteiger partial charge in [-0.25, -0.2) is 0 Å². The van der Waals surface area contributed by atoms with Crippen LogP contribution in [0.15, 0.2) is 53.7 Å². The zero-order chi connectivity index (χ0) is 18.4. The Labute approximate surface area is 162 Å². The molecule has 0 N–H and O–H groups in total. The molecule has 0 saturated carbocycles. The van der Waals surface area contributed by atoms with Crippen LogP contribution in [0.5, 0.6) is 11.5 Å². The maximum Gasteiger partial charge on any atom is 0.191 e. The minimum Gasteiger partial charge on any atom is -0.493 e. The number of rotatable bonds is 8.